The summed E-state index contributed by atoms with van der Waals surface area (Å²) in [6.07, 6.45) is 8.93. The monoisotopic (exact) mass is 377 g/mol. The van der Waals surface area contributed by atoms with Crippen LogP contribution in [0.3, 0.4) is 0 Å². The Morgan fingerprint density at radius 1 is 1.07 bits per heavy atom. The second-order valence-corrected chi connectivity index (χ2v) is 9.77. The van der Waals surface area contributed by atoms with Crippen LogP contribution in [0.5, 0.6) is 0 Å². The zero-order valence-electron chi connectivity index (χ0n) is 17.3. The molecule has 4 saturated carbocycles. The Morgan fingerprint density at radius 3 is 2.14 bits per heavy atom. The van der Waals surface area contributed by atoms with Crippen molar-refractivity contribution in [2.75, 3.05) is 5.32 Å². The molecule has 4 nitrogen and oxygen atoms in total. The second kappa shape index (κ2) is 6.47. The van der Waals surface area contributed by atoms with Gasteiger partial charge in [-0.05, 0) is 93.2 Å². The van der Waals surface area contributed by atoms with Crippen molar-refractivity contribution in [2.45, 2.75) is 64.2 Å². The Balaban J connectivity index is 1.29. The van der Waals surface area contributed by atoms with Gasteiger partial charge in [0, 0.05) is 24.0 Å². The van der Waals surface area contributed by atoms with E-state index >= 15 is 0 Å². The molecule has 0 spiro atoms. The molecule has 4 fully saturated rings. The normalized spacial score (nSPS) is 30.6. The summed E-state index contributed by atoms with van der Waals surface area (Å²) in [6, 6.07) is 8.77. The molecule has 1 aromatic heterocycles. The molecule has 1 heterocycles. The van der Waals surface area contributed by atoms with Crippen molar-refractivity contribution in [2.24, 2.45) is 24.8 Å². The summed E-state index contributed by atoms with van der Waals surface area (Å²) in [5, 5.41) is 7.49. The van der Waals surface area contributed by atoms with E-state index in [4.69, 9.17) is 0 Å². The predicted octanol–water partition coefficient (Wildman–Crippen LogP) is 4.69. The first-order valence-corrected chi connectivity index (χ1v) is 10.8. The van der Waals surface area contributed by atoms with Crippen LogP contribution in [0, 0.1) is 31.6 Å². The lowest BCUT2D eigenvalue weighted by Crippen LogP contribution is -2.48. The van der Waals surface area contributed by atoms with Crippen LogP contribution in [-0.4, -0.2) is 15.7 Å². The van der Waals surface area contributed by atoms with Crippen molar-refractivity contribution in [1.82, 2.24) is 9.78 Å². The number of amides is 1. The number of benzene rings is 1. The Hall–Kier alpha value is -2.10. The molecule has 1 N–H and O–H groups in total. The molecular weight excluding hydrogens is 346 g/mol. The summed E-state index contributed by atoms with van der Waals surface area (Å²) in [4.78, 5) is 12.6. The van der Waals surface area contributed by atoms with Gasteiger partial charge < -0.3 is 5.32 Å². The second-order valence-electron chi connectivity index (χ2n) is 9.77. The molecule has 4 bridgehead atoms. The first-order valence-electron chi connectivity index (χ1n) is 10.8. The number of nitrogens with zero attached hydrogens (tertiary/aromatic N) is 2. The lowest BCUT2D eigenvalue weighted by atomic mass is 9.48. The molecule has 1 amide bonds. The molecular formula is C24H31N3O. The molecule has 0 atom stereocenters. The summed E-state index contributed by atoms with van der Waals surface area (Å²) in [7, 11) is 1.92. The minimum atomic E-state index is 0.0294. The first kappa shape index (κ1) is 18.0. The molecule has 0 unspecified atom stereocenters. The lowest BCUT2D eigenvalue weighted by Gasteiger charge is -2.57. The minimum Gasteiger partial charge on any atom is -0.326 e. The van der Waals surface area contributed by atoms with Gasteiger partial charge >= 0.3 is 0 Å². The van der Waals surface area contributed by atoms with Crippen LogP contribution >= 0.6 is 0 Å². The fourth-order valence-corrected chi connectivity index (χ4v) is 6.81. The molecule has 1 aromatic carbocycles. The highest BCUT2D eigenvalue weighted by Crippen LogP contribution is 2.60. The van der Waals surface area contributed by atoms with Crippen LogP contribution in [0.2, 0.25) is 0 Å². The SMILES string of the molecule is Cc1nn(C)c(C)c1CC(=O)Nc1ccc(C23CC4CC(CC(C4)C2)C3)cc1. The van der Waals surface area contributed by atoms with E-state index in [9.17, 15) is 4.79 Å². The van der Waals surface area contributed by atoms with Gasteiger partial charge in [-0.3, -0.25) is 9.48 Å². The number of aryl methyl sites for hydroxylation is 2. The number of carbonyl (C=O) groups is 1. The summed E-state index contributed by atoms with van der Waals surface area (Å²) in [6.45, 7) is 3.98. The maximum atomic E-state index is 12.6. The van der Waals surface area contributed by atoms with Gasteiger partial charge in [-0.15, -0.1) is 0 Å². The maximum absolute atomic E-state index is 12.6. The fraction of sp³-hybridized carbons (Fsp3) is 0.583. The van der Waals surface area contributed by atoms with E-state index in [1.807, 2.05) is 25.6 Å². The van der Waals surface area contributed by atoms with Crippen LogP contribution in [0.1, 0.15) is 61.0 Å². The Labute approximate surface area is 167 Å². The van der Waals surface area contributed by atoms with Gasteiger partial charge in [-0.25, -0.2) is 0 Å². The van der Waals surface area contributed by atoms with Gasteiger partial charge in [-0.1, -0.05) is 12.1 Å². The van der Waals surface area contributed by atoms with E-state index in [1.165, 1.54) is 44.1 Å². The molecule has 4 aliphatic rings. The van der Waals surface area contributed by atoms with Crippen molar-refractivity contribution >= 4 is 11.6 Å². The molecule has 6 rings (SSSR count). The molecule has 0 saturated heterocycles. The van der Waals surface area contributed by atoms with Gasteiger partial charge in [0.05, 0.1) is 12.1 Å². The predicted molar refractivity (Wildman–Crippen MR) is 111 cm³/mol. The van der Waals surface area contributed by atoms with E-state index in [2.05, 4.69) is 34.7 Å². The van der Waals surface area contributed by atoms with E-state index in [1.54, 1.807) is 0 Å². The van der Waals surface area contributed by atoms with Crippen molar-refractivity contribution in [3.63, 3.8) is 0 Å². The van der Waals surface area contributed by atoms with Crippen molar-refractivity contribution < 1.29 is 4.79 Å². The summed E-state index contributed by atoms with van der Waals surface area (Å²) < 4.78 is 1.85. The quantitative estimate of drug-likeness (QED) is 0.840. The van der Waals surface area contributed by atoms with Gasteiger partial charge in [0.1, 0.15) is 0 Å². The van der Waals surface area contributed by atoms with E-state index < -0.39 is 0 Å². The highest BCUT2D eigenvalue weighted by molar-refractivity contribution is 5.92. The molecule has 4 aliphatic carbocycles. The fourth-order valence-electron chi connectivity index (χ4n) is 6.81. The molecule has 0 aliphatic heterocycles. The largest absolute Gasteiger partial charge is 0.326 e. The Bertz CT molecular complexity index is 873. The highest BCUT2D eigenvalue weighted by Gasteiger charge is 2.51. The van der Waals surface area contributed by atoms with Crippen LogP contribution in [0.15, 0.2) is 24.3 Å². The Kier molecular flexibility index (Phi) is 4.15. The average molecular weight is 378 g/mol. The topological polar surface area (TPSA) is 46.9 Å². The summed E-state index contributed by atoms with van der Waals surface area (Å²) >= 11 is 0. The zero-order valence-corrected chi connectivity index (χ0v) is 17.3. The molecule has 4 heteroatoms. The standard InChI is InChI=1S/C24H31N3O/c1-15-22(16(2)27(3)26-15)11-23(28)25-21-6-4-20(5-7-21)24-12-17-8-18(13-24)10-19(9-17)14-24/h4-7,17-19H,8-14H2,1-3H3,(H,25,28). The number of hydrogen-bond donors (Lipinski definition) is 1. The average Bonchev–Trinajstić information content (AvgIpc) is 2.87. The number of hydrogen-bond acceptors (Lipinski definition) is 2. The summed E-state index contributed by atoms with van der Waals surface area (Å²) in [5.41, 5.74) is 5.85. The van der Waals surface area contributed by atoms with Gasteiger partial charge in [0.25, 0.3) is 0 Å². The first-order chi connectivity index (χ1) is 13.4. The molecule has 28 heavy (non-hydrogen) atoms. The number of nitrogens with one attached hydrogen (secondary N) is 1. The Morgan fingerprint density at radius 2 is 1.64 bits per heavy atom. The van der Waals surface area contributed by atoms with E-state index in [-0.39, 0.29) is 5.91 Å². The van der Waals surface area contributed by atoms with E-state index in [0.717, 1.165) is 40.4 Å². The number of carbonyl (C=O) groups excluding carboxylic acids is 1. The van der Waals surface area contributed by atoms with Crippen molar-refractivity contribution in [3.05, 3.63) is 46.8 Å². The van der Waals surface area contributed by atoms with E-state index in [0.29, 0.717) is 11.8 Å². The number of aromatic nitrogens is 2. The van der Waals surface area contributed by atoms with Crippen LogP contribution in [-0.2, 0) is 23.7 Å². The van der Waals surface area contributed by atoms with Gasteiger partial charge in [0.2, 0.25) is 5.91 Å². The van der Waals surface area contributed by atoms with Gasteiger partial charge in [0.15, 0.2) is 0 Å². The smallest absolute Gasteiger partial charge is 0.228 e. The minimum absolute atomic E-state index is 0.0294. The summed E-state index contributed by atoms with van der Waals surface area (Å²) in [5.74, 6) is 2.89. The molecule has 2 aromatic rings. The molecule has 148 valence electrons. The van der Waals surface area contributed by atoms with Crippen molar-refractivity contribution in [1.29, 1.82) is 0 Å². The number of rotatable bonds is 4. The van der Waals surface area contributed by atoms with Crippen LogP contribution in [0.25, 0.3) is 0 Å². The zero-order chi connectivity index (χ0) is 19.5. The van der Waals surface area contributed by atoms with Crippen LogP contribution < -0.4 is 5.32 Å². The third-order valence-corrected chi connectivity index (χ3v) is 7.82. The third kappa shape index (κ3) is 2.98. The third-order valence-electron chi connectivity index (χ3n) is 7.82. The molecule has 0 radical (unpaired) electrons. The van der Waals surface area contributed by atoms with Gasteiger partial charge in [-0.2, -0.15) is 5.10 Å². The van der Waals surface area contributed by atoms with Crippen molar-refractivity contribution in [3.8, 4) is 0 Å². The number of anilines is 1. The van der Waals surface area contributed by atoms with Crippen LogP contribution in [0.4, 0.5) is 5.69 Å². The highest BCUT2D eigenvalue weighted by atomic mass is 16.1. The maximum Gasteiger partial charge on any atom is 0.228 e. The lowest BCUT2D eigenvalue weighted by molar-refractivity contribution is -0.115.